The standard InChI is InChI=1S/C15H29O7P/c1-10-6-12(17-3)14(21-10)8-19-23(5,16)20-9-15-13(18-4)7-11(2)22-15/h10-15H,6-9H2,1-5H3/t10-,11?,12?,13?,14+,15?,23?/m0/s1. The summed E-state index contributed by atoms with van der Waals surface area (Å²) in [4.78, 5) is 0. The molecule has 23 heavy (non-hydrogen) atoms. The van der Waals surface area contributed by atoms with Gasteiger partial charge in [-0.05, 0) is 13.8 Å². The largest absolute Gasteiger partial charge is 0.379 e. The molecule has 0 aromatic heterocycles. The Morgan fingerprint density at radius 1 is 0.913 bits per heavy atom. The third kappa shape index (κ3) is 5.49. The van der Waals surface area contributed by atoms with Crippen LogP contribution in [0.2, 0.25) is 0 Å². The van der Waals surface area contributed by atoms with Crippen LogP contribution in [0.3, 0.4) is 0 Å². The van der Waals surface area contributed by atoms with Gasteiger partial charge in [0.15, 0.2) is 0 Å². The predicted octanol–water partition coefficient (Wildman–Crippen LogP) is 2.23. The molecular formula is C15H29O7P. The van der Waals surface area contributed by atoms with Gasteiger partial charge in [-0.1, -0.05) is 0 Å². The molecule has 2 aliphatic heterocycles. The van der Waals surface area contributed by atoms with Crippen molar-refractivity contribution in [2.75, 3.05) is 34.1 Å². The molecule has 0 saturated carbocycles. The first-order chi connectivity index (χ1) is 10.8. The normalized spacial score (nSPS) is 40.4. The van der Waals surface area contributed by atoms with Gasteiger partial charge in [0.1, 0.15) is 12.2 Å². The van der Waals surface area contributed by atoms with E-state index in [1.807, 2.05) is 13.8 Å². The highest BCUT2D eigenvalue weighted by atomic mass is 31.2. The smallest absolute Gasteiger partial charge is 0.327 e. The van der Waals surface area contributed by atoms with Crippen molar-refractivity contribution in [2.45, 2.75) is 63.3 Å². The molecule has 0 bridgehead atoms. The van der Waals surface area contributed by atoms with Gasteiger partial charge in [0.05, 0.1) is 37.6 Å². The second kappa shape index (κ2) is 8.39. The zero-order valence-corrected chi connectivity index (χ0v) is 15.5. The van der Waals surface area contributed by atoms with Crippen LogP contribution in [0, 0.1) is 0 Å². The van der Waals surface area contributed by atoms with Crippen LogP contribution in [-0.4, -0.2) is 70.7 Å². The highest BCUT2D eigenvalue weighted by Crippen LogP contribution is 2.45. The molecule has 2 aliphatic rings. The third-order valence-electron chi connectivity index (χ3n) is 4.32. The van der Waals surface area contributed by atoms with E-state index in [-0.39, 0.29) is 49.8 Å². The van der Waals surface area contributed by atoms with Crippen molar-refractivity contribution >= 4 is 7.60 Å². The monoisotopic (exact) mass is 352 g/mol. The predicted molar refractivity (Wildman–Crippen MR) is 84.9 cm³/mol. The van der Waals surface area contributed by atoms with Gasteiger partial charge in [0, 0.05) is 33.7 Å². The summed E-state index contributed by atoms with van der Waals surface area (Å²) in [6.07, 6.45) is 1.32. The molecule has 136 valence electrons. The lowest BCUT2D eigenvalue weighted by Gasteiger charge is -2.22. The summed E-state index contributed by atoms with van der Waals surface area (Å²) in [5.41, 5.74) is 0. The quantitative estimate of drug-likeness (QED) is 0.620. The van der Waals surface area contributed by atoms with E-state index in [2.05, 4.69) is 0 Å². The molecule has 0 aromatic carbocycles. The molecule has 7 atom stereocenters. The van der Waals surface area contributed by atoms with Crippen LogP contribution >= 0.6 is 7.60 Å². The van der Waals surface area contributed by atoms with Gasteiger partial charge in [0.2, 0.25) is 0 Å². The molecule has 7 nitrogen and oxygen atoms in total. The summed E-state index contributed by atoms with van der Waals surface area (Å²) in [5, 5.41) is 0. The van der Waals surface area contributed by atoms with Crippen molar-refractivity contribution in [3.05, 3.63) is 0 Å². The Bertz CT molecular complexity index is 385. The zero-order chi connectivity index (χ0) is 17.0. The van der Waals surface area contributed by atoms with Gasteiger partial charge >= 0.3 is 7.60 Å². The lowest BCUT2D eigenvalue weighted by molar-refractivity contribution is -0.0380. The van der Waals surface area contributed by atoms with E-state index in [0.717, 1.165) is 12.8 Å². The average Bonchev–Trinajstić information content (AvgIpc) is 3.05. The van der Waals surface area contributed by atoms with Crippen LogP contribution < -0.4 is 0 Å². The SMILES string of the molecule is COC1CC(C)OC1COP(C)(=O)OC[C@H]1O[C@@H](C)CC1OC. The third-order valence-corrected chi connectivity index (χ3v) is 5.56. The highest BCUT2D eigenvalue weighted by Gasteiger charge is 2.37. The summed E-state index contributed by atoms with van der Waals surface area (Å²) in [6.45, 7) is 5.81. The van der Waals surface area contributed by atoms with Gasteiger partial charge in [-0.15, -0.1) is 0 Å². The van der Waals surface area contributed by atoms with Crippen LogP contribution in [0.25, 0.3) is 0 Å². The Morgan fingerprint density at radius 3 is 1.65 bits per heavy atom. The molecule has 2 heterocycles. The molecule has 0 amide bonds. The number of ether oxygens (including phenoxy) is 4. The maximum absolute atomic E-state index is 12.4. The van der Waals surface area contributed by atoms with E-state index >= 15 is 0 Å². The molecule has 0 aromatic rings. The van der Waals surface area contributed by atoms with Crippen LogP contribution in [0.1, 0.15) is 26.7 Å². The van der Waals surface area contributed by atoms with Crippen LogP contribution in [0.5, 0.6) is 0 Å². The first-order valence-electron chi connectivity index (χ1n) is 8.07. The van der Waals surface area contributed by atoms with Crippen LogP contribution in [-0.2, 0) is 32.6 Å². The molecule has 2 fully saturated rings. The maximum Gasteiger partial charge on any atom is 0.327 e. The lowest BCUT2D eigenvalue weighted by Crippen LogP contribution is -2.29. The fourth-order valence-electron chi connectivity index (χ4n) is 3.09. The molecule has 0 radical (unpaired) electrons. The summed E-state index contributed by atoms with van der Waals surface area (Å²) >= 11 is 0. The van der Waals surface area contributed by atoms with Crippen molar-refractivity contribution in [2.24, 2.45) is 0 Å². The van der Waals surface area contributed by atoms with Gasteiger partial charge < -0.3 is 28.0 Å². The van der Waals surface area contributed by atoms with E-state index in [4.69, 9.17) is 28.0 Å². The van der Waals surface area contributed by atoms with E-state index in [1.54, 1.807) is 14.2 Å². The van der Waals surface area contributed by atoms with Gasteiger partial charge in [0.25, 0.3) is 0 Å². The molecule has 0 N–H and O–H groups in total. The molecule has 2 rings (SSSR count). The fourth-order valence-corrected chi connectivity index (χ4v) is 4.00. The first kappa shape index (κ1) is 19.3. The van der Waals surface area contributed by atoms with Crippen molar-refractivity contribution < 1.29 is 32.6 Å². The van der Waals surface area contributed by atoms with Crippen molar-refractivity contribution in [3.8, 4) is 0 Å². The Balaban J connectivity index is 1.77. The van der Waals surface area contributed by atoms with Crippen LogP contribution in [0.15, 0.2) is 0 Å². The van der Waals surface area contributed by atoms with Crippen molar-refractivity contribution in [1.29, 1.82) is 0 Å². The minimum absolute atomic E-state index is 0.0399. The molecule has 8 heteroatoms. The second-order valence-corrected chi connectivity index (χ2v) is 8.41. The fraction of sp³-hybridized carbons (Fsp3) is 1.00. The molecule has 5 unspecified atom stereocenters. The summed E-state index contributed by atoms with van der Waals surface area (Å²) in [6, 6.07) is 0. The van der Waals surface area contributed by atoms with E-state index < -0.39 is 7.60 Å². The maximum atomic E-state index is 12.4. The number of rotatable bonds is 8. The van der Waals surface area contributed by atoms with Gasteiger partial charge in [-0.3, -0.25) is 4.57 Å². The molecule has 0 aliphatic carbocycles. The van der Waals surface area contributed by atoms with E-state index in [9.17, 15) is 4.57 Å². The van der Waals surface area contributed by atoms with Gasteiger partial charge in [-0.2, -0.15) is 0 Å². The van der Waals surface area contributed by atoms with Crippen molar-refractivity contribution in [3.63, 3.8) is 0 Å². The highest BCUT2D eigenvalue weighted by molar-refractivity contribution is 7.52. The lowest BCUT2D eigenvalue weighted by atomic mass is 10.1. The van der Waals surface area contributed by atoms with Crippen molar-refractivity contribution in [1.82, 2.24) is 0 Å². The minimum Gasteiger partial charge on any atom is -0.379 e. The molecular weight excluding hydrogens is 323 g/mol. The zero-order valence-electron chi connectivity index (χ0n) is 14.6. The van der Waals surface area contributed by atoms with Gasteiger partial charge in [-0.25, -0.2) is 0 Å². The Labute approximate surface area is 138 Å². The second-order valence-electron chi connectivity index (χ2n) is 6.35. The van der Waals surface area contributed by atoms with Crippen LogP contribution in [0.4, 0.5) is 0 Å². The Kier molecular flexibility index (Phi) is 7.04. The molecule has 0 spiro atoms. The number of methoxy groups -OCH3 is 2. The minimum atomic E-state index is -3.18. The first-order valence-corrected chi connectivity index (χ1v) is 10.1. The summed E-state index contributed by atoms with van der Waals surface area (Å²) in [5.74, 6) is 0. The summed E-state index contributed by atoms with van der Waals surface area (Å²) in [7, 11) is 0.105. The Morgan fingerprint density at radius 2 is 1.30 bits per heavy atom. The number of hydrogen-bond donors (Lipinski definition) is 0. The number of hydrogen-bond acceptors (Lipinski definition) is 7. The Hall–Kier alpha value is -0.0100. The topological polar surface area (TPSA) is 72.5 Å². The average molecular weight is 352 g/mol. The van der Waals surface area contributed by atoms with E-state index in [1.165, 1.54) is 6.66 Å². The summed E-state index contributed by atoms with van der Waals surface area (Å²) < 4.78 is 45.6. The van der Waals surface area contributed by atoms with E-state index in [0.29, 0.717) is 0 Å². The molecule has 2 saturated heterocycles.